The maximum atomic E-state index is 10.9. The van der Waals surface area contributed by atoms with Gasteiger partial charge >= 0.3 is 5.97 Å². The number of benzene rings is 2. The van der Waals surface area contributed by atoms with Gasteiger partial charge in [-0.1, -0.05) is 29.8 Å². The molecular weight excluding hydrogens is 306 g/mol. The second-order valence-corrected chi connectivity index (χ2v) is 5.02. The molecule has 22 heavy (non-hydrogen) atoms. The number of azo groups is 1. The molecule has 6 nitrogen and oxygen atoms in total. The predicted octanol–water partition coefficient (Wildman–Crippen LogP) is 3.42. The zero-order valence-corrected chi connectivity index (χ0v) is 12.2. The minimum Gasteiger partial charge on any atom is -0.508 e. The summed E-state index contributed by atoms with van der Waals surface area (Å²) in [7, 11) is 0. The lowest BCUT2D eigenvalue weighted by Crippen LogP contribution is -2.32. The van der Waals surface area contributed by atoms with Crippen LogP contribution in [0.1, 0.15) is 5.56 Å². The lowest BCUT2D eigenvalue weighted by Gasteiger charge is -2.09. The highest BCUT2D eigenvalue weighted by Gasteiger charge is 2.15. The number of aliphatic carboxylic acids is 1. The van der Waals surface area contributed by atoms with Crippen LogP contribution in [0.25, 0.3) is 0 Å². The number of carboxylic acid groups (broad SMARTS) is 1. The van der Waals surface area contributed by atoms with Crippen molar-refractivity contribution >= 4 is 28.9 Å². The highest BCUT2D eigenvalue weighted by molar-refractivity contribution is 6.32. The zero-order valence-electron chi connectivity index (χ0n) is 11.5. The van der Waals surface area contributed by atoms with Gasteiger partial charge in [0.05, 0.1) is 10.7 Å². The molecule has 0 saturated heterocycles. The van der Waals surface area contributed by atoms with Crippen LogP contribution in [-0.4, -0.2) is 22.2 Å². The zero-order chi connectivity index (χ0) is 16.1. The van der Waals surface area contributed by atoms with E-state index in [1.807, 2.05) is 0 Å². The lowest BCUT2D eigenvalue weighted by molar-refractivity contribution is -0.138. The molecule has 114 valence electrons. The number of hydrogen-bond acceptors (Lipinski definition) is 5. The van der Waals surface area contributed by atoms with E-state index in [9.17, 15) is 9.90 Å². The Kier molecular flexibility index (Phi) is 5.08. The third kappa shape index (κ3) is 4.03. The average molecular weight is 320 g/mol. The number of aromatic hydroxyl groups is 1. The van der Waals surface area contributed by atoms with E-state index in [0.717, 1.165) is 0 Å². The van der Waals surface area contributed by atoms with E-state index in [2.05, 4.69) is 10.2 Å². The molecule has 2 aromatic rings. The first-order valence-corrected chi connectivity index (χ1v) is 6.81. The van der Waals surface area contributed by atoms with Crippen molar-refractivity contribution in [1.82, 2.24) is 0 Å². The Morgan fingerprint density at radius 2 is 1.86 bits per heavy atom. The molecule has 0 aliphatic carbocycles. The van der Waals surface area contributed by atoms with Crippen LogP contribution in [0.15, 0.2) is 52.7 Å². The van der Waals surface area contributed by atoms with Crippen LogP contribution >= 0.6 is 11.6 Å². The molecule has 1 unspecified atom stereocenters. The molecule has 0 bridgehead atoms. The van der Waals surface area contributed by atoms with Crippen LogP contribution in [0.3, 0.4) is 0 Å². The molecule has 2 aromatic carbocycles. The van der Waals surface area contributed by atoms with E-state index < -0.39 is 12.0 Å². The quantitative estimate of drug-likeness (QED) is 0.734. The first-order chi connectivity index (χ1) is 10.5. The number of rotatable bonds is 5. The van der Waals surface area contributed by atoms with Gasteiger partial charge in [0.1, 0.15) is 17.5 Å². The molecule has 0 fully saturated rings. The van der Waals surface area contributed by atoms with Crippen LogP contribution in [0.2, 0.25) is 5.02 Å². The molecule has 0 aromatic heterocycles. The second-order valence-electron chi connectivity index (χ2n) is 4.61. The molecule has 0 spiro atoms. The number of halogens is 1. The SMILES string of the molecule is NC(Cc1ccc(O)cc1N=Nc1ccccc1Cl)C(=O)O. The third-order valence-electron chi connectivity index (χ3n) is 2.94. The number of carbonyl (C=O) groups is 1. The van der Waals surface area contributed by atoms with Crippen molar-refractivity contribution in [2.24, 2.45) is 16.0 Å². The lowest BCUT2D eigenvalue weighted by atomic mass is 10.0. The number of nitrogens with zero attached hydrogens (tertiary/aromatic N) is 2. The van der Waals surface area contributed by atoms with Gasteiger partial charge in [-0.3, -0.25) is 4.79 Å². The molecule has 2 rings (SSSR count). The van der Waals surface area contributed by atoms with Gasteiger partial charge in [0.15, 0.2) is 0 Å². The number of hydrogen-bond donors (Lipinski definition) is 3. The van der Waals surface area contributed by atoms with Gasteiger partial charge in [-0.05, 0) is 23.8 Å². The number of phenols is 1. The van der Waals surface area contributed by atoms with Gasteiger partial charge in [-0.25, -0.2) is 0 Å². The van der Waals surface area contributed by atoms with E-state index in [4.69, 9.17) is 22.4 Å². The first-order valence-electron chi connectivity index (χ1n) is 6.44. The number of carboxylic acids is 1. The molecule has 0 amide bonds. The normalized spacial score (nSPS) is 12.5. The van der Waals surface area contributed by atoms with Crippen LogP contribution in [0.4, 0.5) is 11.4 Å². The summed E-state index contributed by atoms with van der Waals surface area (Å²) in [5.41, 5.74) is 6.92. The molecule has 0 radical (unpaired) electrons. The third-order valence-corrected chi connectivity index (χ3v) is 3.26. The molecule has 4 N–H and O–H groups in total. The van der Waals surface area contributed by atoms with Gasteiger partial charge in [0.2, 0.25) is 0 Å². The summed E-state index contributed by atoms with van der Waals surface area (Å²) < 4.78 is 0. The Morgan fingerprint density at radius 3 is 2.55 bits per heavy atom. The van der Waals surface area contributed by atoms with E-state index >= 15 is 0 Å². The van der Waals surface area contributed by atoms with Crippen molar-refractivity contribution in [2.75, 3.05) is 0 Å². The standard InChI is InChI=1S/C15H14ClN3O3/c16-11-3-1-2-4-13(11)18-19-14-8-10(20)6-5-9(14)7-12(17)15(21)22/h1-6,8,12,20H,7,17H2,(H,21,22). The van der Waals surface area contributed by atoms with Crippen molar-refractivity contribution in [3.63, 3.8) is 0 Å². The number of nitrogens with two attached hydrogens (primary N) is 1. The van der Waals surface area contributed by atoms with E-state index in [1.165, 1.54) is 12.1 Å². The van der Waals surface area contributed by atoms with Crippen LogP contribution in [0.5, 0.6) is 5.75 Å². The molecular formula is C15H14ClN3O3. The van der Waals surface area contributed by atoms with E-state index in [0.29, 0.717) is 22.0 Å². The molecule has 0 saturated carbocycles. The second kappa shape index (κ2) is 7.02. The van der Waals surface area contributed by atoms with Crippen LogP contribution in [-0.2, 0) is 11.2 Å². The summed E-state index contributed by atoms with van der Waals surface area (Å²) in [5.74, 6) is -1.11. The summed E-state index contributed by atoms with van der Waals surface area (Å²) in [5, 5.41) is 27.0. The highest BCUT2D eigenvalue weighted by atomic mass is 35.5. The van der Waals surface area contributed by atoms with Crippen molar-refractivity contribution in [1.29, 1.82) is 0 Å². The fourth-order valence-corrected chi connectivity index (χ4v) is 1.96. The highest BCUT2D eigenvalue weighted by Crippen LogP contribution is 2.30. The smallest absolute Gasteiger partial charge is 0.320 e. The van der Waals surface area contributed by atoms with Crippen molar-refractivity contribution < 1.29 is 15.0 Å². The van der Waals surface area contributed by atoms with Crippen molar-refractivity contribution in [3.05, 3.63) is 53.1 Å². The minimum absolute atomic E-state index is 0.000699. The van der Waals surface area contributed by atoms with Gasteiger partial charge in [-0.2, -0.15) is 5.11 Å². The van der Waals surface area contributed by atoms with Gasteiger partial charge < -0.3 is 15.9 Å². The van der Waals surface area contributed by atoms with Gasteiger partial charge in [0, 0.05) is 12.5 Å². The average Bonchev–Trinajstić information content (AvgIpc) is 2.48. The first kappa shape index (κ1) is 15.9. The summed E-state index contributed by atoms with van der Waals surface area (Å²) in [6, 6.07) is 10.3. The summed E-state index contributed by atoms with van der Waals surface area (Å²) in [6.45, 7) is 0. The molecule has 0 heterocycles. The Balaban J connectivity index is 2.31. The van der Waals surface area contributed by atoms with Gasteiger partial charge in [0.25, 0.3) is 0 Å². The Bertz CT molecular complexity index is 719. The summed E-state index contributed by atoms with van der Waals surface area (Å²) in [4.78, 5) is 10.9. The molecule has 1 atom stereocenters. The largest absolute Gasteiger partial charge is 0.508 e. The Labute approximate surface area is 131 Å². The minimum atomic E-state index is -1.11. The number of phenolic OH excluding ortho intramolecular Hbond substituents is 1. The fourth-order valence-electron chi connectivity index (χ4n) is 1.78. The molecule has 0 aliphatic rings. The maximum Gasteiger partial charge on any atom is 0.320 e. The van der Waals surface area contributed by atoms with E-state index in [-0.39, 0.29) is 12.2 Å². The summed E-state index contributed by atoms with van der Waals surface area (Å²) in [6.07, 6.45) is 0.0759. The Morgan fingerprint density at radius 1 is 1.18 bits per heavy atom. The maximum absolute atomic E-state index is 10.9. The molecule has 0 aliphatic heterocycles. The van der Waals surface area contributed by atoms with Crippen molar-refractivity contribution in [3.8, 4) is 5.75 Å². The van der Waals surface area contributed by atoms with Crippen LogP contribution < -0.4 is 5.73 Å². The monoisotopic (exact) mass is 319 g/mol. The van der Waals surface area contributed by atoms with E-state index in [1.54, 1.807) is 30.3 Å². The summed E-state index contributed by atoms with van der Waals surface area (Å²) >= 11 is 5.99. The van der Waals surface area contributed by atoms with Gasteiger partial charge in [-0.15, -0.1) is 5.11 Å². The topological polar surface area (TPSA) is 108 Å². The fraction of sp³-hybridized carbons (Fsp3) is 0.133. The predicted molar refractivity (Wildman–Crippen MR) is 83.1 cm³/mol. The van der Waals surface area contributed by atoms with Crippen LogP contribution in [0, 0.1) is 0 Å². The Hall–Kier alpha value is -2.44. The molecule has 7 heteroatoms. The van der Waals surface area contributed by atoms with Crippen molar-refractivity contribution in [2.45, 2.75) is 12.5 Å².